The number of nitrogens with zero attached hydrogens (tertiary/aromatic N) is 6. The third-order valence-electron chi connectivity index (χ3n) is 7.97. The van der Waals surface area contributed by atoms with Crippen molar-refractivity contribution >= 4 is 28.4 Å². The number of carbonyl (C=O) groups is 1. The molecular weight excluding hydrogens is 539 g/mol. The third-order valence-corrected chi connectivity index (χ3v) is 7.97. The second-order valence-corrected chi connectivity index (χ2v) is 10.8. The molecule has 1 aliphatic heterocycles. The Morgan fingerprint density at radius 1 is 1.34 bits per heavy atom. The van der Waals surface area contributed by atoms with Crippen LogP contribution < -0.4 is 15.1 Å². The van der Waals surface area contributed by atoms with Crippen LogP contribution in [0.2, 0.25) is 0 Å². The summed E-state index contributed by atoms with van der Waals surface area (Å²) in [6.07, 6.45) is 4.99. The van der Waals surface area contributed by atoms with E-state index in [1.807, 2.05) is 16.8 Å². The first-order valence-electron chi connectivity index (χ1n) is 13.5. The van der Waals surface area contributed by atoms with Gasteiger partial charge in [-0.05, 0) is 48.7 Å². The van der Waals surface area contributed by atoms with E-state index in [9.17, 15) is 29.9 Å². The molecule has 3 aromatic rings. The number of carboxylic acids is 1. The predicted molar refractivity (Wildman–Crippen MR) is 147 cm³/mol. The zero-order valence-electron chi connectivity index (χ0n) is 23.1. The molecule has 13 nitrogen and oxygen atoms in total. The van der Waals surface area contributed by atoms with Crippen molar-refractivity contribution < 1.29 is 29.1 Å². The number of anilines is 1. The van der Waals surface area contributed by atoms with Crippen molar-refractivity contribution in [1.82, 2.24) is 19.0 Å². The van der Waals surface area contributed by atoms with Crippen LogP contribution in [0, 0.1) is 22.9 Å². The number of hydrogen-bond donors (Lipinski definition) is 2. The number of benzene rings is 1. The summed E-state index contributed by atoms with van der Waals surface area (Å²) in [6, 6.07) is 1.08. The predicted octanol–water partition coefficient (Wildman–Crippen LogP) is 2.56. The summed E-state index contributed by atoms with van der Waals surface area (Å²) in [6.45, 7) is 3.03. The molecule has 2 N–H and O–H groups in total. The zero-order chi connectivity index (χ0) is 29.6. The van der Waals surface area contributed by atoms with E-state index in [4.69, 9.17) is 4.74 Å². The topological polar surface area (TPSA) is 156 Å². The Bertz CT molecular complexity index is 1570. The van der Waals surface area contributed by atoms with Crippen molar-refractivity contribution in [3.8, 4) is 5.75 Å². The number of fused-ring (bicyclic) bond motifs is 1. The number of aromatic carboxylic acids is 1. The number of carboxylic acid groups (broad SMARTS) is 1. The molecule has 0 spiro atoms. The van der Waals surface area contributed by atoms with E-state index in [1.54, 1.807) is 16.1 Å². The molecule has 2 aliphatic rings. The number of imidazole rings is 1. The molecule has 1 aromatic carbocycles. The molecule has 3 heterocycles. The average Bonchev–Trinajstić information content (AvgIpc) is 3.70. The summed E-state index contributed by atoms with van der Waals surface area (Å²) >= 11 is 0. The number of aliphatic hydroxyl groups excluding tert-OH is 1. The molecule has 2 aromatic heterocycles. The van der Waals surface area contributed by atoms with Gasteiger partial charge in [0.2, 0.25) is 11.3 Å². The van der Waals surface area contributed by atoms with Crippen molar-refractivity contribution in [3.05, 3.63) is 56.0 Å². The normalized spacial score (nSPS) is 18.2. The molecule has 1 saturated heterocycles. The summed E-state index contributed by atoms with van der Waals surface area (Å²) in [5.74, 6) is -1.68. The fourth-order valence-electron chi connectivity index (χ4n) is 5.77. The molecule has 0 bridgehead atoms. The van der Waals surface area contributed by atoms with Gasteiger partial charge < -0.3 is 39.1 Å². The molecule has 0 amide bonds. The lowest BCUT2D eigenvalue weighted by atomic mass is 10.0. The Kier molecular flexibility index (Phi) is 7.70. The Balaban J connectivity index is 1.40. The van der Waals surface area contributed by atoms with Crippen molar-refractivity contribution in [2.75, 3.05) is 38.7 Å². The highest BCUT2D eigenvalue weighted by atomic mass is 19.1. The van der Waals surface area contributed by atoms with E-state index in [0.29, 0.717) is 24.4 Å². The smallest absolute Gasteiger partial charge is 0.381 e. The second kappa shape index (κ2) is 11.1. The summed E-state index contributed by atoms with van der Waals surface area (Å²) in [4.78, 5) is 42.9. The van der Waals surface area contributed by atoms with Gasteiger partial charge in [-0.2, -0.15) is 0 Å². The van der Waals surface area contributed by atoms with Crippen molar-refractivity contribution in [2.45, 2.75) is 57.3 Å². The standard InChI is InChI=1S/C27H33FN6O7/c1-15-29-22(34(39)40)14-32(15)12-18(35)11-30(2)17-5-4-8-31(10-17)24-21(28)9-19-23(26(24)41-3)33(16-6-7-16)13-20(25(19)36)27(37)38/h9,13-14,16-18,35H,4-8,10-12H2,1-3H3,(H,37,38)/t17?,18-/m1/s1. The molecule has 2 atom stereocenters. The molecule has 41 heavy (non-hydrogen) atoms. The maximum atomic E-state index is 15.8. The van der Waals surface area contributed by atoms with E-state index >= 15 is 4.39 Å². The Morgan fingerprint density at radius 2 is 2.07 bits per heavy atom. The van der Waals surface area contributed by atoms with Gasteiger partial charge in [0.05, 0.1) is 30.7 Å². The maximum Gasteiger partial charge on any atom is 0.381 e. The minimum Gasteiger partial charge on any atom is -0.492 e. The van der Waals surface area contributed by atoms with E-state index < -0.39 is 33.8 Å². The number of ether oxygens (including phenoxy) is 1. The maximum absolute atomic E-state index is 15.8. The number of nitro groups is 1. The van der Waals surface area contributed by atoms with Gasteiger partial charge >= 0.3 is 11.8 Å². The fraction of sp³-hybridized carbons (Fsp3) is 0.519. The Hall–Kier alpha value is -4.04. The lowest BCUT2D eigenvalue weighted by Gasteiger charge is -2.40. The van der Waals surface area contributed by atoms with Crippen LogP contribution in [-0.2, 0) is 6.54 Å². The molecule has 1 aliphatic carbocycles. The van der Waals surface area contributed by atoms with Gasteiger partial charge in [0, 0.05) is 44.8 Å². The molecule has 5 rings (SSSR count). The quantitative estimate of drug-likeness (QED) is 0.273. The number of methoxy groups -OCH3 is 1. The first-order valence-corrected chi connectivity index (χ1v) is 13.5. The summed E-state index contributed by atoms with van der Waals surface area (Å²) in [5.41, 5.74) is -0.553. The third kappa shape index (κ3) is 5.48. The summed E-state index contributed by atoms with van der Waals surface area (Å²) in [7, 11) is 3.28. The molecule has 1 unspecified atom stereocenters. The highest BCUT2D eigenvalue weighted by Crippen LogP contribution is 2.44. The lowest BCUT2D eigenvalue weighted by Crippen LogP contribution is -2.49. The number of aryl methyl sites for hydroxylation is 1. The Labute approximate surface area is 234 Å². The van der Waals surface area contributed by atoms with Gasteiger partial charge in [0.15, 0.2) is 11.6 Å². The number of aromatic nitrogens is 3. The van der Waals surface area contributed by atoms with Gasteiger partial charge in [-0.25, -0.2) is 9.18 Å². The van der Waals surface area contributed by atoms with Gasteiger partial charge in [0.25, 0.3) is 0 Å². The molecule has 14 heteroatoms. The molecular formula is C27H33FN6O7. The average molecular weight is 573 g/mol. The highest BCUT2D eigenvalue weighted by molar-refractivity contribution is 5.97. The molecule has 0 radical (unpaired) electrons. The largest absolute Gasteiger partial charge is 0.492 e. The highest BCUT2D eigenvalue weighted by Gasteiger charge is 2.33. The number of pyridine rings is 1. The SMILES string of the molecule is COc1c(N2CCCC(N(C)C[C@@H](O)Cn3cc([N+](=O)[O-])nc3C)C2)c(F)cc2c(=O)c(C(=O)O)cn(C3CC3)c12. The van der Waals surface area contributed by atoms with Crippen LogP contribution in [-0.4, -0.2) is 86.1 Å². The van der Waals surface area contributed by atoms with E-state index in [0.717, 1.165) is 31.7 Å². The number of halogens is 1. The van der Waals surface area contributed by atoms with Crippen molar-refractivity contribution in [2.24, 2.45) is 0 Å². The van der Waals surface area contributed by atoms with Crippen molar-refractivity contribution in [1.29, 1.82) is 0 Å². The van der Waals surface area contributed by atoms with Crippen LogP contribution in [0.1, 0.15) is 47.9 Å². The summed E-state index contributed by atoms with van der Waals surface area (Å²) in [5, 5.41) is 31.3. The van der Waals surface area contributed by atoms with Crippen molar-refractivity contribution in [3.63, 3.8) is 0 Å². The van der Waals surface area contributed by atoms with Gasteiger partial charge in [-0.1, -0.05) is 0 Å². The van der Waals surface area contributed by atoms with Gasteiger partial charge in [0.1, 0.15) is 17.4 Å². The lowest BCUT2D eigenvalue weighted by molar-refractivity contribution is -0.389. The van der Waals surface area contributed by atoms with Gasteiger partial charge in [-0.3, -0.25) is 9.69 Å². The van der Waals surface area contributed by atoms with E-state index in [-0.39, 0.29) is 47.8 Å². The minimum absolute atomic E-state index is 0.00528. The number of hydrogen-bond acceptors (Lipinski definition) is 9. The first-order chi connectivity index (χ1) is 19.5. The van der Waals surface area contributed by atoms with E-state index in [2.05, 4.69) is 4.98 Å². The van der Waals surface area contributed by atoms with Crippen LogP contribution in [0.25, 0.3) is 10.9 Å². The fourth-order valence-corrected chi connectivity index (χ4v) is 5.77. The number of likely N-dealkylation sites (N-methyl/N-ethyl adjacent to an activating group) is 1. The molecule has 220 valence electrons. The monoisotopic (exact) mass is 572 g/mol. The van der Waals surface area contributed by atoms with Crippen LogP contribution in [0.3, 0.4) is 0 Å². The number of aliphatic hydroxyl groups is 1. The zero-order valence-corrected chi connectivity index (χ0v) is 23.1. The van der Waals surface area contributed by atoms with Gasteiger partial charge in [-0.15, -0.1) is 0 Å². The molecule has 1 saturated carbocycles. The number of rotatable bonds is 10. The number of piperidine rings is 1. The van der Waals surface area contributed by atoms with Crippen LogP contribution in [0.15, 0.2) is 23.3 Å². The van der Waals surface area contributed by atoms with Crippen LogP contribution >= 0.6 is 0 Å². The molecule has 2 fully saturated rings. The first kappa shape index (κ1) is 28.5. The second-order valence-electron chi connectivity index (χ2n) is 10.8. The van der Waals surface area contributed by atoms with Crippen LogP contribution in [0.5, 0.6) is 5.75 Å². The minimum atomic E-state index is -1.36. The Morgan fingerprint density at radius 3 is 2.68 bits per heavy atom. The van der Waals surface area contributed by atoms with Crippen LogP contribution in [0.4, 0.5) is 15.9 Å². The van der Waals surface area contributed by atoms with E-state index in [1.165, 1.54) is 19.5 Å². The summed E-state index contributed by atoms with van der Waals surface area (Å²) < 4.78 is 24.8.